The topological polar surface area (TPSA) is 43.6 Å². The molecule has 21 heavy (non-hydrogen) atoms. The Bertz CT molecular complexity index is 759. The average molecular weight is 301 g/mol. The van der Waals surface area contributed by atoms with Crippen molar-refractivity contribution in [3.05, 3.63) is 52.8 Å². The molecule has 0 aliphatic heterocycles. The Hall–Kier alpha value is -1.94. The fraction of sp³-hybridized carbons (Fsp3) is 0.312. The molecule has 5 heteroatoms. The molecular formula is C16H17ClN4. The number of aryl methyl sites for hydroxylation is 2. The largest absolute Gasteiger partial charge is 0.328 e. The molecule has 0 saturated carbocycles. The summed E-state index contributed by atoms with van der Waals surface area (Å²) in [4.78, 5) is 13.2. The van der Waals surface area contributed by atoms with E-state index in [0.29, 0.717) is 11.7 Å². The summed E-state index contributed by atoms with van der Waals surface area (Å²) in [5.74, 6) is 1.02. The number of halogens is 1. The number of para-hydroxylation sites is 2. The summed E-state index contributed by atoms with van der Waals surface area (Å²) >= 11 is 5.95. The lowest BCUT2D eigenvalue weighted by atomic mass is 10.2. The van der Waals surface area contributed by atoms with Crippen LogP contribution in [-0.2, 0) is 13.0 Å². The van der Waals surface area contributed by atoms with E-state index in [1.807, 2.05) is 31.2 Å². The summed E-state index contributed by atoms with van der Waals surface area (Å²) in [6, 6.07) is 10.2. The maximum Gasteiger partial charge on any atom is 0.222 e. The van der Waals surface area contributed by atoms with Gasteiger partial charge in [0.15, 0.2) is 0 Å². The van der Waals surface area contributed by atoms with Crippen LogP contribution in [0.15, 0.2) is 30.3 Å². The van der Waals surface area contributed by atoms with E-state index in [9.17, 15) is 0 Å². The molecule has 0 amide bonds. The minimum atomic E-state index is 0.295. The number of rotatable bonds is 4. The van der Waals surface area contributed by atoms with Gasteiger partial charge in [0.05, 0.1) is 16.7 Å². The lowest BCUT2D eigenvalue weighted by Gasteiger charge is -2.08. The van der Waals surface area contributed by atoms with Crippen molar-refractivity contribution in [2.75, 3.05) is 0 Å². The third kappa shape index (κ3) is 2.90. The van der Waals surface area contributed by atoms with Gasteiger partial charge in [-0.3, -0.25) is 0 Å². The molecule has 3 aromatic rings. The van der Waals surface area contributed by atoms with Crippen LogP contribution in [0.4, 0.5) is 0 Å². The van der Waals surface area contributed by atoms with E-state index >= 15 is 0 Å². The highest BCUT2D eigenvalue weighted by Gasteiger charge is 2.11. The quantitative estimate of drug-likeness (QED) is 0.689. The van der Waals surface area contributed by atoms with Crippen molar-refractivity contribution in [3.63, 3.8) is 0 Å². The molecule has 0 N–H and O–H groups in total. The minimum absolute atomic E-state index is 0.295. The summed E-state index contributed by atoms with van der Waals surface area (Å²) in [6.45, 7) is 5.05. The smallest absolute Gasteiger partial charge is 0.222 e. The van der Waals surface area contributed by atoms with Crippen LogP contribution in [0.2, 0.25) is 5.28 Å². The van der Waals surface area contributed by atoms with Crippen LogP contribution in [0, 0.1) is 6.92 Å². The predicted molar refractivity (Wildman–Crippen MR) is 84.6 cm³/mol. The molecule has 0 atom stereocenters. The zero-order valence-corrected chi connectivity index (χ0v) is 12.9. The minimum Gasteiger partial charge on any atom is -0.328 e. The van der Waals surface area contributed by atoms with Gasteiger partial charge in [-0.1, -0.05) is 19.1 Å². The van der Waals surface area contributed by atoms with Crippen molar-refractivity contribution < 1.29 is 0 Å². The van der Waals surface area contributed by atoms with E-state index in [4.69, 9.17) is 16.6 Å². The molecule has 0 unspecified atom stereocenters. The third-order valence-corrected chi connectivity index (χ3v) is 3.57. The van der Waals surface area contributed by atoms with Crippen LogP contribution in [0.25, 0.3) is 11.0 Å². The molecular weight excluding hydrogens is 284 g/mol. The Morgan fingerprint density at radius 3 is 2.71 bits per heavy atom. The molecule has 108 valence electrons. The van der Waals surface area contributed by atoms with Crippen molar-refractivity contribution in [3.8, 4) is 0 Å². The lowest BCUT2D eigenvalue weighted by Crippen LogP contribution is -2.06. The van der Waals surface area contributed by atoms with Crippen LogP contribution in [0.3, 0.4) is 0 Å². The Morgan fingerprint density at radius 1 is 1.14 bits per heavy atom. The zero-order valence-electron chi connectivity index (χ0n) is 12.2. The Balaban J connectivity index is 2.04. The van der Waals surface area contributed by atoms with Crippen molar-refractivity contribution in [1.29, 1.82) is 0 Å². The van der Waals surface area contributed by atoms with Crippen LogP contribution in [-0.4, -0.2) is 19.5 Å². The van der Waals surface area contributed by atoms with Gasteiger partial charge < -0.3 is 4.57 Å². The SMILES string of the molecule is CCCn1c(Cc2cc(C)nc(Cl)n2)nc2ccccc21. The van der Waals surface area contributed by atoms with Gasteiger partial charge in [0.1, 0.15) is 5.82 Å². The van der Waals surface area contributed by atoms with Crippen molar-refractivity contribution in [2.45, 2.75) is 33.2 Å². The number of aromatic nitrogens is 4. The van der Waals surface area contributed by atoms with E-state index in [1.54, 1.807) is 0 Å². The number of benzene rings is 1. The highest BCUT2D eigenvalue weighted by atomic mass is 35.5. The first-order valence-corrected chi connectivity index (χ1v) is 7.49. The van der Waals surface area contributed by atoms with Gasteiger partial charge in [-0.05, 0) is 43.1 Å². The molecule has 2 heterocycles. The second-order valence-electron chi connectivity index (χ2n) is 5.11. The molecule has 0 radical (unpaired) electrons. The van der Waals surface area contributed by atoms with Gasteiger partial charge in [0, 0.05) is 18.7 Å². The Morgan fingerprint density at radius 2 is 1.95 bits per heavy atom. The fourth-order valence-corrected chi connectivity index (χ4v) is 2.82. The number of hydrogen-bond donors (Lipinski definition) is 0. The van der Waals surface area contributed by atoms with Crippen molar-refractivity contribution >= 4 is 22.6 Å². The molecule has 0 bridgehead atoms. The maximum atomic E-state index is 5.95. The predicted octanol–water partition coefficient (Wildman–Crippen LogP) is 3.79. The monoisotopic (exact) mass is 300 g/mol. The number of fused-ring (bicyclic) bond motifs is 1. The molecule has 0 aliphatic rings. The summed E-state index contributed by atoms with van der Waals surface area (Å²) in [5.41, 5.74) is 3.98. The van der Waals surface area contributed by atoms with E-state index < -0.39 is 0 Å². The second-order valence-corrected chi connectivity index (χ2v) is 5.45. The number of imidazole rings is 1. The van der Waals surface area contributed by atoms with Gasteiger partial charge in [0.25, 0.3) is 0 Å². The van der Waals surface area contributed by atoms with E-state index in [1.165, 1.54) is 5.52 Å². The molecule has 0 spiro atoms. The van der Waals surface area contributed by atoms with Gasteiger partial charge in [-0.15, -0.1) is 0 Å². The standard InChI is InChI=1S/C16H17ClN4/c1-3-8-21-14-7-5-4-6-13(14)20-15(21)10-12-9-11(2)18-16(17)19-12/h4-7,9H,3,8,10H2,1-2H3. The molecule has 0 fully saturated rings. The van der Waals surface area contributed by atoms with Crippen LogP contribution in [0.5, 0.6) is 0 Å². The third-order valence-electron chi connectivity index (χ3n) is 3.40. The summed E-state index contributed by atoms with van der Waals surface area (Å²) in [6.07, 6.45) is 1.73. The first kappa shape index (κ1) is 14.0. The molecule has 1 aromatic carbocycles. The first-order chi connectivity index (χ1) is 10.2. The molecule has 2 aromatic heterocycles. The highest BCUT2D eigenvalue weighted by Crippen LogP contribution is 2.19. The second kappa shape index (κ2) is 5.82. The van der Waals surface area contributed by atoms with Crippen molar-refractivity contribution in [1.82, 2.24) is 19.5 Å². The van der Waals surface area contributed by atoms with Gasteiger partial charge in [-0.2, -0.15) is 0 Å². The maximum absolute atomic E-state index is 5.95. The first-order valence-electron chi connectivity index (χ1n) is 7.11. The van der Waals surface area contributed by atoms with Crippen LogP contribution in [0.1, 0.15) is 30.6 Å². The fourth-order valence-electron chi connectivity index (χ4n) is 2.58. The summed E-state index contributed by atoms with van der Waals surface area (Å²) < 4.78 is 2.26. The zero-order chi connectivity index (χ0) is 14.8. The normalized spacial score (nSPS) is 11.2. The lowest BCUT2D eigenvalue weighted by molar-refractivity contribution is 0.661. The van der Waals surface area contributed by atoms with Gasteiger partial charge in [0.2, 0.25) is 5.28 Å². The summed E-state index contributed by atoms with van der Waals surface area (Å²) in [7, 11) is 0. The van der Waals surface area contributed by atoms with Crippen LogP contribution < -0.4 is 0 Å². The molecule has 3 rings (SSSR count). The van der Waals surface area contributed by atoms with Crippen molar-refractivity contribution in [2.24, 2.45) is 0 Å². The highest BCUT2D eigenvalue weighted by molar-refractivity contribution is 6.28. The van der Waals surface area contributed by atoms with Crippen LogP contribution >= 0.6 is 11.6 Å². The molecule has 0 aliphatic carbocycles. The average Bonchev–Trinajstić information content (AvgIpc) is 2.76. The van der Waals surface area contributed by atoms with E-state index in [-0.39, 0.29) is 0 Å². The Labute approximate surface area is 128 Å². The Kier molecular flexibility index (Phi) is 3.88. The molecule has 4 nitrogen and oxygen atoms in total. The van der Waals surface area contributed by atoms with E-state index in [2.05, 4.69) is 27.5 Å². The van der Waals surface area contributed by atoms with E-state index in [0.717, 1.165) is 35.7 Å². The summed E-state index contributed by atoms with van der Waals surface area (Å²) in [5, 5.41) is 0.295. The molecule has 0 saturated heterocycles. The number of nitrogens with zero attached hydrogens (tertiary/aromatic N) is 4. The van der Waals surface area contributed by atoms with Gasteiger partial charge >= 0.3 is 0 Å². The van der Waals surface area contributed by atoms with Gasteiger partial charge in [-0.25, -0.2) is 15.0 Å². The number of hydrogen-bond acceptors (Lipinski definition) is 3.